The maximum atomic E-state index is 13.8. The summed E-state index contributed by atoms with van der Waals surface area (Å²) in [5.74, 6) is 2.84. The summed E-state index contributed by atoms with van der Waals surface area (Å²) in [6.45, 7) is 3.01. The van der Waals surface area contributed by atoms with E-state index in [1.165, 1.54) is 24.0 Å². The average Bonchev–Trinajstić information content (AvgIpc) is 2.86. The van der Waals surface area contributed by atoms with Crippen LogP contribution in [-0.4, -0.2) is 24.1 Å². The second kappa shape index (κ2) is 6.78. The lowest BCUT2D eigenvalue weighted by Gasteiger charge is -2.24. The third-order valence-corrected chi connectivity index (χ3v) is 5.03. The molecule has 1 aromatic carbocycles. The predicted octanol–water partition coefficient (Wildman–Crippen LogP) is 3.75. The van der Waals surface area contributed by atoms with Crippen LogP contribution in [-0.2, 0) is 6.42 Å². The molecule has 4 heteroatoms. The van der Waals surface area contributed by atoms with Crippen molar-refractivity contribution in [3.05, 3.63) is 34.6 Å². The number of halogens is 2. The van der Waals surface area contributed by atoms with Crippen molar-refractivity contribution in [1.82, 2.24) is 5.32 Å². The summed E-state index contributed by atoms with van der Waals surface area (Å²) in [6, 6.07) is 5.26. The molecule has 2 unspecified atom stereocenters. The Bertz CT molecular complexity index is 373. The Morgan fingerprint density at radius 2 is 2.39 bits per heavy atom. The maximum absolute atomic E-state index is 13.8. The van der Waals surface area contributed by atoms with Crippen molar-refractivity contribution in [3.8, 4) is 0 Å². The van der Waals surface area contributed by atoms with E-state index in [9.17, 15) is 4.39 Å². The van der Waals surface area contributed by atoms with Gasteiger partial charge in [-0.1, -0.05) is 24.6 Å². The SMILES string of the molecule is CCNC(Cc1c(F)cccc1Cl)C1CCSC1. The van der Waals surface area contributed by atoms with Gasteiger partial charge in [0.25, 0.3) is 0 Å². The second-order valence-corrected chi connectivity index (χ2v) is 6.25. The largest absolute Gasteiger partial charge is 0.314 e. The van der Waals surface area contributed by atoms with Gasteiger partial charge in [-0.2, -0.15) is 11.8 Å². The molecule has 18 heavy (non-hydrogen) atoms. The standard InChI is InChI=1S/C14H19ClFNS/c1-2-17-14(10-6-7-18-9-10)8-11-12(15)4-3-5-13(11)16/h3-5,10,14,17H,2,6-9H2,1H3. The summed E-state index contributed by atoms with van der Waals surface area (Å²) < 4.78 is 13.8. The minimum Gasteiger partial charge on any atom is -0.314 e. The van der Waals surface area contributed by atoms with Crippen LogP contribution in [0.4, 0.5) is 4.39 Å². The van der Waals surface area contributed by atoms with Gasteiger partial charge < -0.3 is 5.32 Å². The molecule has 0 radical (unpaired) electrons. The van der Waals surface area contributed by atoms with Gasteiger partial charge in [-0.05, 0) is 48.9 Å². The van der Waals surface area contributed by atoms with Gasteiger partial charge in [-0.3, -0.25) is 0 Å². The van der Waals surface area contributed by atoms with Gasteiger partial charge in [0.15, 0.2) is 0 Å². The molecule has 100 valence electrons. The summed E-state index contributed by atoms with van der Waals surface area (Å²) in [6.07, 6.45) is 1.90. The van der Waals surface area contributed by atoms with Gasteiger partial charge in [0.05, 0.1) is 0 Å². The molecule has 1 nitrogen and oxygen atoms in total. The van der Waals surface area contributed by atoms with Crippen LogP contribution in [0.15, 0.2) is 18.2 Å². The van der Waals surface area contributed by atoms with Gasteiger partial charge in [-0.15, -0.1) is 0 Å². The number of hydrogen-bond acceptors (Lipinski definition) is 2. The number of hydrogen-bond donors (Lipinski definition) is 1. The van der Waals surface area contributed by atoms with Crippen LogP contribution < -0.4 is 5.32 Å². The molecular formula is C14H19ClFNS. The highest BCUT2D eigenvalue weighted by Crippen LogP contribution is 2.29. The lowest BCUT2D eigenvalue weighted by atomic mass is 9.92. The number of likely N-dealkylation sites (N-methyl/N-ethyl adjacent to an activating group) is 1. The fourth-order valence-corrected chi connectivity index (χ4v) is 4.06. The van der Waals surface area contributed by atoms with Gasteiger partial charge in [0.2, 0.25) is 0 Å². The van der Waals surface area contributed by atoms with Crippen LogP contribution in [0.5, 0.6) is 0 Å². The molecule has 2 rings (SSSR count). The van der Waals surface area contributed by atoms with Crippen molar-refractivity contribution in [1.29, 1.82) is 0 Å². The summed E-state index contributed by atoms with van der Waals surface area (Å²) in [5, 5.41) is 4.03. The smallest absolute Gasteiger partial charge is 0.127 e. The molecule has 1 aliphatic heterocycles. The van der Waals surface area contributed by atoms with E-state index in [1.807, 2.05) is 11.8 Å². The Labute approximate surface area is 117 Å². The first-order valence-corrected chi connectivity index (χ1v) is 7.99. The van der Waals surface area contributed by atoms with Crippen LogP contribution in [0, 0.1) is 11.7 Å². The summed E-state index contributed by atoms with van der Waals surface area (Å²) in [5.41, 5.74) is 0.655. The molecule has 2 atom stereocenters. The quantitative estimate of drug-likeness (QED) is 0.885. The fourth-order valence-electron chi connectivity index (χ4n) is 2.49. The zero-order chi connectivity index (χ0) is 13.0. The maximum Gasteiger partial charge on any atom is 0.127 e. The van der Waals surface area contributed by atoms with Gasteiger partial charge >= 0.3 is 0 Å². The average molecular weight is 288 g/mol. The van der Waals surface area contributed by atoms with E-state index < -0.39 is 0 Å². The van der Waals surface area contributed by atoms with Crippen LogP contribution in [0.3, 0.4) is 0 Å². The third-order valence-electron chi connectivity index (χ3n) is 3.49. The number of rotatable bonds is 5. The van der Waals surface area contributed by atoms with Gasteiger partial charge in [-0.25, -0.2) is 4.39 Å². The van der Waals surface area contributed by atoms with Crippen LogP contribution in [0.25, 0.3) is 0 Å². The Morgan fingerprint density at radius 3 is 3.00 bits per heavy atom. The molecule has 0 spiro atoms. The lowest BCUT2D eigenvalue weighted by molar-refractivity contribution is 0.382. The van der Waals surface area contributed by atoms with E-state index in [-0.39, 0.29) is 5.82 Å². The second-order valence-electron chi connectivity index (χ2n) is 4.69. The van der Waals surface area contributed by atoms with Crippen molar-refractivity contribution < 1.29 is 4.39 Å². The molecule has 0 amide bonds. The normalized spacial score (nSPS) is 21.2. The highest BCUT2D eigenvalue weighted by atomic mass is 35.5. The Morgan fingerprint density at radius 1 is 1.56 bits per heavy atom. The molecule has 1 aromatic rings. The zero-order valence-corrected chi connectivity index (χ0v) is 12.2. The molecular weight excluding hydrogens is 269 g/mol. The van der Waals surface area contributed by atoms with Gasteiger partial charge in [0.1, 0.15) is 5.82 Å². The van der Waals surface area contributed by atoms with E-state index in [2.05, 4.69) is 12.2 Å². The summed E-state index contributed by atoms with van der Waals surface area (Å²) >= 11 is 8.10. The monoisotopic (exact) mass is 287 g/mol. The molecule has 1 N–H and O–H groups in total. The highest BCUT2D eigenvalue weighted by Gasteiger charge is 2.26. The fraction of sp³-hybridized carbons (Fsp3) is 0.571. The number of thioether (sulfide) groups is 1. The van der Waals surface area contributed by atoms with Crippen molar-refractivity contribution >= 4 is 23.4 Å². The molecule has 0 aliphatic carbocycles. The molecule has 1 saturated heterocycles. The lowest BCUT2D eigenvalue weighted by Crippen LogP contribution is -2.38. The van der Waals surface area contributed by atoms with Crippen LogP contribution >= 0.6 is 23.4 Å². The van der Waals surface area contributed by atoms with Crippen molar-refractivity contribution in [2.24, 2.45) is 5.92 Å². The third kappa shape index (κ3) is 3.40. The Kier molecular flexibility index (Phi) is 5.34. The summed E-state index contributed by atoms with van der Waals surface area (Å²) in [4.78, 5) is 0. The minimum absolute atomic E-state index is 0.184. The number of benzene rings is 1. The van der Waals surface area contributed by atoms with Crippen LogP contribution in [0.2, 0.25) is 5.02 Å². The Balaban J connectivity index is 2.12. The zero-order valence-electron chi connectivity index (χ0n) is 10.6. The first-order valence-electron chi connectivity index (χ1n) is 6.46. The molecule has 1 aliphatic rings. The molecule has 1 heterocycles. The molecule has 1 fully saturated rings. The van der Waals surface area contributed by atoms with E-state index in [0.717, 1.165) is 6.54 Å². The van der Waals surface area contributed by atoms with E-state index in [1.54, 1.807) is 12.1 Å². The first-order chi connectivity index (χ1) is 8.72. The molecule has 0 bridgehead atoms. The highest BCUT2D eigenvalue weighted by molar-refractivity contribution is 7.99. The number of nitrogens with one attached hydrogen (secondary N) is 1. The first kappa shape index (κ1) is 14.2. The topological polar surface area (TPSA) is 12.0 Å². The van der Waals surface area contributed by atoms with E-state index in [4.69, 9.17) is 11.6 Å². The van der Waals surface area contributed by atoms with Crippen molar-refractivity contribution in [3.63, 3.8) is 0 Å². The molecule has 0 saturated carbocycles. The molecule has 0 aromatic heterocycles. The predicted molar refractivity (Wildman–Crippen MR) is 78.0 cm³/mol. The van der Waals surface area contributed by atoms with Crippen molar-refractivity contribution in [2.45, 2.75) is 25.8 Å². The van der Waals surface area contributed by atoms with Crippen molar-refractivity contribution in [2.75, 3.05) is 18.1 Å². The Hall–Kier alpha value is -0.250. The summed E-state index contributed by atoms with van der Waals surface area (Å²) in [7, 11) is 0. The van der Waals surface area contributed by atoms with Crippen LogP contribution in [0.1, 0.15) is 18.9 Å². The van der Waals surface area contributed by atoms with E-state index >= 15 is 0 Å². The van der Waals surface area contributed by atoms with Gasteiger partial charge in [0, 0.05) is 16.6 Å². The van der Waals surface area contributed by atoms with E-state index in [0.29, 0.717) is 29.0 Å². The minimum atomic E-state index is -0.184.